The molecule has 5 nitrogen and oxygen atoms in total. The van der Waals surface area contributed by atoms with Crippen molar-refractivity contribution in [2.75, 3.05) is 12.3 Å². The zero-order valence-electron chi connectivity index (χ0n) is 4.69. The van der Waals surface area contributed by atoms with Crippen LogP contribution in [0.5, 0.6) is 0 Å². The molecule has 0 aromatic carbocycles. The SMILES string of the molecule is [N-]=[N+]=NCCCS(=O)[O-]. The molecule has 6 heteroatoms. The van der Waals surface area contributed by atoms with Crippen LogP contribution in [0.1, 0.15) is 6.42 Å². The van der Waals surface area contributed by atoms with Crippen LogP contribution in [0.2, 0.25) is 0 Å². The Balaban J connectivity index is 3.10. The van der Waals surface area contributed by atoms with E-state index in [-0.39, 0.29) is 12.3 Å². The van der Waals surface area contributed by atoms with Gasteiger partial charge in [-0.3, -0.25) is 4.21 Å². The van der Waals surface area contributed by atoms with Crippen molar-refractivity contribution >= 4 is 11.1 Å². The average Bonchev–Trinajstić information content (AvgIpc) is 1.80. The maximum Gasteiger partial charge on any atom is 0.0266 e. The topological polar surface area (TPSA) is 88.9 Å². The van der Waals surface area contributed by atoms with E-state index in [0.29, 0.717) is 6.42 Å². The summed E-state index contributed by atoms with van der Waals surface area (Å²) in [5.74, 6) is 0.0685. The van der Waals surface area contributed by atoms with Gasteiger partial charge in [-0.05, 0) is 12.0 Å². The first-order chi connectivity index (χ1) is 4.27. The first-order valence-corrected chi connectivity index (χ1v) is 3.58. The summed E-state index contributed by atoms with van der Waals surface area (Å²) < 4.78 is 19.7. The van der Waals surface area contributed by atoms with Gasteiger partial charge in [0.2, 0.25) is 0 Å². The van der Waals surface area contributed by atoms with Crippen LogP contribution in [-0.2, 0) is 11.1 Å². The molecule has 0 aliphatic carbocycles. The molecule has 0 saturated heterocycles. The van der Waals surface area contributed by atoms with Gasteiger partial charge in [-0.1, -0.05) is 16.2 Å². The van der Waals surface area contributed by atoms with Crippen molar-refractivity contribution in [1.82, 2.24) is 0 Å². The van der Waals surface area contributed by atoms with E-state index in [1.165, 1.54) is 0 Å². The zero-order chi connectivity index (χ0) is 7.11. The lowest BCUT2D eigenvalue weighted by molar-refractivity contribution is 0.535. The Labute approximate surface area is 55.0 Å². The van der Waals surface area contributed by atoms with E-state index in [2.05, 4.69) is 10.0 Å². The summed E-state index contributed by atoms with van der Waals surface area (Å²) in [4.78, 5) is 2.46. The van der Waals surface area contributed by atoms with Gasteiger partial charge in [0.15, 0.2) is 0 Å². The lowest BCUT2D eigenvalue weighted by Gasteiger charge is -1.99. The highest BCUT2D eigenvalue weighted by Gasteiger charge is 1.82. The second-order valence-corrected chi connectivity index (χ2v) is 2.33. The second-order valence-electron chi connectivity index (χ2n) is 1.32. The molecular formula is C3H6N3O2S-. The Morgan fingerprint density at radius 1 is 1.78 bits per heavy atom. The van der Waals surface area contributed by atoms with Gasteiger partial charge in [0.05, 0.1) is 0 Å². The van der Waals surface area contributed by atoms with Gasteiger partial charge < -0.3 is 4.55 Å². The fraction of sp³-hybridized carbons (Fsp3) is 1.00. The fourth-order valence-electron chi connectivity index (χ4n) is 0.298. The first kappa shape index (κ1) is 8.42. The normalized spacial score (nSPS) is 12.1. The first-order valence-electron chi connectivity index (χ1n) is 2.34. The van der Waals surface area contributed by atoms with E-state index < -0.39 is 11.1 Å². The van der Waals surface area contributed by atoms with Crippen LogP contribution in [-0.4, -0.2) is 21.1 Å². The molecule has 0 aliphatic heterocycles. The Kier molecular flexibility index (Phi) is 5.20. The highest BCUT2D eigenvalue weighted by molar-refractivity contribution is 7.79. The molecule has 0 saturated carbocycles. The summed E-state index contributed by atoms with van der Waals surface area (Å²) in [5.41, 5.74) is 7.74. The molecule has 0 fully saturated rings. The van der Waals surface area contributed by atoms with Gasteiger partial charge in [-0.2, -0.15) is 0 Å². The number of hydrogen-bond donors (Lipinski definition) is 0. The van der Waals surface area contributed by atoms with Gasteiger partial charge in [0.1, 0.15) is 0 Å². The van der Waals surface area contributed by atoms with Gasteiger partial charge in [-0.15, -0.1) is 0 Å². The van der Waals surface area contributed by atoms with Crippen molar-refractivity contribution in [3.05, 3.63) is 10.4 Å². The summed E-state index contributed by atoms with van der Waals surface area (Å²) in [7, 11) is 0. The van der Waals surface area contributed by atoms with Crippen molar-refractivity contribution in [2.24, 2.45) is 5.11 Å². The average molecular weight is 148 g/mol. The van der Waals surface area contributed by atoms with Crippen molar-refractivity contribution in [3.8, 4) is 0 Å². The molecule has 0 radical (unpaired) electrons. The van der Waals surface area contributed by atoms with Gasteiger partial charge in [0, 0.05) is 17.2 Å². The quantitative estimate of drug-likeness (QED) is 0.192. The molecule has 0 rings (SSSR count). The molecule has 0 spiro atoms. The highest BCUT2D eigenvalue weighted by Crippen LogP contribution is 1.83. The minimum Gasteiger partial charge on any atom is -0.772 e. The highest BCUT2D eigenvalue weighted by atomic mass is 32.2. The third-order valence-electron chi connectivity index (χ3n) is 0.632. The molecule has 0 aliphatic rings. The van der Waals surface area contributed by atoms with Crippen molar-refractivity contribution in [3.63, 3.8) is 0 Å². The molecule has 0 heterocycles. The van der Waals surface area contributed by atoms with Crippen LogP contribution < -0.4 is 0 Å². The zero-order valence-corrected chi connectivity index (χ0v) is 5.50. The van der Waals surface area contributed by atoms with Crippen LogP contribution >= 0.6 is 0 Å². The third kappa shape index (κ3) is 7.42. The van der Waals surface area contributed by atoms with Crippen LogP contribution in [0.25, 0.3) is 10.4 Å². The number of nitrogens with zero attached hydrogens (tertiary/aromatic N) is 3. The number of azide groups is 1. The van der Waals surface area contributed by atoms with E-state index in [1.807, 2.05) is 0 Å². The Hall–Kier alpha value is -0.580. The number of rotatable bonds is 4. The van der Waals surface area contributed by atoms with E-state index in [0.717, 1.165) is 0 Å². The summed E-state index contributed by atoms with van der Waals surface area (Å²) in [5, 5.41) is 3.15. The standard InChI is InChI=1S/C3H7N3O2S/c4-6-5-2-1-3-9(7)8/h1-3H2,(H,7,8)/p-1. The minimum atomic E-state index is -2.00. The molecule has 0 bridgehead atoms. The Bertz CT molecular complexity index is 140. The smallest absolute Gasteiger partial charge is 0.0266 e. The molecule has 52 valence electrons. The van der Waals surface area contributed by atoms with Crippen LogP contribution in [0.3, 0.4) is 0 Å². The minimum absolute atomic E-state index is 0.0685. The Morgan fingerprint density at radius 2 is 2.44 bits per heavy atom. The van der Waals surface area contributed by atoms with Crippen LogP contribution in [0.4, 0.5) is 0 Å². The van der Waals surface area contributed by atoms with Gasteiger partial charge in [-0.25, -0.2) is 0 Å². The predicted octanol–water partition coefficient (Wildman–Crippen LogP) is 0.566. The molecule has 1 unspecified atom stereocenters. The molecule has 1 atom stereocenters. The molecule has 0 N–H and O–H groups in total. The summed E-state index contributed by atoms with van der Waals surface area (Å²) in [6, 6.07) is 0. The molecular weight excluding hydrogens is 142 g/mol. The fourth-order valence-corrected chi connectivity index (χ4v) is 0.663. The van der Waals surface area contributed by atoms with Crippen molar-refractivity contribution < 1.29 is 8.76 Å². The van der Waals surface area contributed by atoms with E-state index in [4.69, 9.17) is 5.53 Å². The lowest BCUT2D eigenvalue weighted by atomic mass is 10.5. The Morgan fingerprint density at radius 3 is 2.89 bits per heavy atom. The van der Waals surface area contributed by atoms with E-state index in [9.17, 15) is 8.76 Å². The maximum atomic E-state index is 9.83. The largest absolute Gasteiger partial charge is 0.772 e. The van der Waals surface area contributed by atoms with E-state index >= 15 is 0 Å². The van der Waals surface area contributed by atoms with E-state index in [1.54, 1.807) is 0 Å². The lowest BCUT2D eigenvalue weighted by Crippen LogP contribution is -1.95. The number of hydrogen-bond acceptors (Lipinski definition) is 3. The van der Waals surface area contributed by atoms with Crippen molar-refractivity contribution in [1.29, 1.82) is 0 Å². The second kappa shape index (κ2) is 5.55. The maximum absolute atomic E-state index is 9.83. The molecule has 0 aromatic heterocycles. The third-order valence-corrected chi connectivity index (χ3v) is 1.25. The predicted molar refractivity (Wildman–Crippen MR) is 32.4 cm³/mol. The summed E-state index contributed by atoms with van der Waals surface area (Å²) in [6.45, 7) is 0.254. The van der Waals surface area contributed by atoms with Crippen LogP contribution in [0.15, 0.2) is 5.11 Å². The van der Waals surface area contributed by atoms with Gasteiger partial charge >= 0.3 is 0 Å². The monoisotopic (exact) mass is 148 g/mol. The van der Waals surface area contributed by atoms with Crippen molar-refractivity contribution in [2.45, 2.75) is 6.42 Å². The summed E-state index contributed by atoms with van der Waals surface area (Å²) in [6.07, 6.45) is 0.403. The molecule has 0 amide bonds. The molecule has 0 aromatic rings. The van der Waals surface area contributed by atoms with Crippen LogP contribution in [0, 0.1) is 0 Å². The van der Waals surface area contributed by atoms with Gasteiger partial charge in [0.25, 0.3) is 0 Å². The molecule has 9 heavy (non-hydrogen) atoms. The summed E-state index contributed by atoms with van der Waals surface area (Å²) >= 11 is -2.00.